The van der Waals surface area contributed by atoms with Gasteiger partial charge in [0.2, 0.25) is 0 Å². The van der Waals surface area contributed by atoms with E-state index in [0.29, 0.717) is 0 Å². The molecule has 0 aliphatic rings. The van der Waals surface area contributed by atoms with Crippen LogP contribution >= 0.6 is 0 Å². The summed E-state index contributed by atoms with van der Waals surface area (Å²) in [7, 11) is -8.58. The number of hydrogen-bond acceptors (Lipinski definition) is 14. The van der Waals surface area contributed by atoms with E-state index in [4.69, 9.17) is 60.2 Å². The summed E-state index contributed by atoms with van der Waals surface area (Å²) in [6, 6.07) is 0. The SMILES string of the molecule is O=NOB(O)O.OB(O)O.OB(O)O.OB(O)O.[NaH]. The second-order valence-corrected chi connectivity index (χ2v) is 1.55. The van der Waals surface area contributed by atoms with Crippen LogP contribution in [0.25, 0.3) is 0 Å². The molecule has 0 aromatic heterocycles. The Kier molecular flexibility index (Phi) is 44.4. The Balaban J connectivity index is -0.0000000459. The van der Waals surface area contributed by atoms with Crippen LogP contribution in [0.1, 0.15) is 0 Å². The molecule has 11 N–H and O–H groups in total. The van der Waals surface area contributed by atoms with Gasteiger partial charge in [-0.2, -0.15) is 0 Å². The molecular formula is H12B4NNaO13. The fourth-order valence-corrected chi connectivity index (χ4v) is 0.0385. The van der Waals surface area contributed by atoms with E-state index in [1.165, 1.54) is 0 Å². The molecule has 0 aliphatic heterocycles. The van der Waals surface area contributed by atoms with Gasteiger partial charge < -0.3 is 60.0 Å². The van der Waals surface area contributed by atoms with E-state index >= 15 is 0 Å². The third-order valence-electron chi connectivity index (χ3n) is 0.137. The van der Waals surface area contributed by atoms with Crippen LogP contribution in [0, 0.1) is 4.91 Å². The van der Waals surface area contributed by atoms with E-state index in [1.54, 1.807) is 5.34 Å². The Labute approximate surface area is 129 Å². The zero-order chi connectivity index (χ0) is 15.7. The zero-order valence-electron chi connectivity index (χ0n) is 8.49. The minimum absolute atomic E-state index is 0. The van der Waals surface area contributed by atoms with E-state index in [9.17, 15) is 0 Å². The van der Waals surface area contributed by atoms with Crippen molar-refractivity contribution in [1.29, 1.82) is 0 Å². The van der Waals surface area contributed by atoms with Crippen molar-refractivity contribution in [3.05, 3.63) is 4.91 Å². The predicted octanol–water partition coefficient (Wildman–Crippen LogP) is -8.15. The first-order valence-electron chi connectivity index (χ1n) is 3.44. The van der Waals surface area contributed by atoms with Gasteiger partial charge in [0.1, 0.15) is 5.34 Å². The van der Waals surface area contributed by atoms with Crippen LogP contribution in [0.15, 0.2) is 5.34 Å². The van der Waals surface area contributed by atoms with Gasteiger partial charge in [-0.3, -0.25) is 0 Å². The van der Waals surface area contributed by atoms with Crippen LogP contribution in [0.5, 0.6) is 0 Å². The summed E-state index contributed by atoms with van der Waals surface area (Å²) in [5, 5.41) is 81.4. The quantitative estimate of drug-likeness (QED) is 0.129. The molecule has 0 atom stereocenters. The summed E-state index contributed by atoms with van der Waals surface area (Å²) in [5.74, 6) is 0. The van der Waals surface area contributed by atoms with Crippen LogP contribution in [0.4, 0.5) is 0 Å². The zero-order valence-corrected chi connectivity index (χ0v) is 8.49. The van der Waals surface area contributed by atoms with Crippen LogP contribution in [-0.2, 0) is 4.76 Å². The molecule has 108 valence electrons. The van der Waals surface area contributed by atoms with E-state index < -0.39 is 29.3 Å². The summed E-state index contributed by atoms with van der Waals surface area (Å²) in [6.07, 6.45) is 0. The minimum atomic E-state index is -2.17. The molecule has 0 fully saturated rings. The van der Waals surface area contributed by atoms with Crippen molar-refractivity contribution in [3.63, 3.8) is 0 Å². The molecule has 0 heterocycles. The molecule has 0 saturated carbocycles. The summed E-state index contributed by atoms with van der Waals surface area (Å²) in [5.41, 5.74) is 0. The second kappa shape index (κ2) is 26.7. The van der Waals surface area contributed by atoms with Crippen molar-refractivity contribution < 1.29 is 60.0 Å². The standard InChI is InChI=1S/BH2NO4.3BH3O3.Na.H/c3-1(4)6-2-5;3*2-1(3)4;;/h3-4H;3*2-4H;;. The molecule has 0 amide bonds. The average Bonchev–Trinajstić information content (AvgIpc) is 1.98. The average molecular weight is 300 g/mol. The maximum absolute atomic E-state index is 8.82. The molecule has 0 spiro atoms. The second-order valence-electron chi connectivity index (χ2n) is 1.55. The first kappa shape index (κ1) is 31.6. The van der Waals surface area contributed by atoms with Crippen LogP contribution in [0.3, 0.4) is 0 Å². The fourth-order valence-electron chi connectivity index (χ4n) is 0.0385. The molecule has 0 bridgehead atoms. The van der Waals surface area contributed by atoms with Crippen molar-refractivity contribution in [2.75, 3.05) is 0 Å². The molecular weight excluding hydrogens is 288 g/mol. The molecule has 0 aromatic rings. The van der Waals surface area contributed by atoms with E-state index in [1.807, 2.05) is 0 Å². The van der Waals surface area contributed by atoms with Gasteiger partial charge in [-0.1, -0.05) is 0 Å². The molecule has 0 aromatic carbocycles. The molecule has 0 saturated heterocycles. The van der Waals surface area contributed by atoms with Gasteiger partial charge in [0.15, 0.2) is 0 Å². The molecule has 19 heavy (non-hydrogen) atoms. The maximum atomic E-state index is 8.82. The van der Waals surface area contributed by atoms with Crippen molar-refractivity contribution in [1.82, 2.24) is 0 Å². The Morgan fingerprint density at radius 3 is 0.789 bits per heavy atom. The Hall–Kier alpha value is 0.220. The molecule has 19 heteroatoms. The van der Waals surface area contributed by atoms with E-state index in [0.717, 1.165) is 0 Å². The van der Waals surface area contributed by atoms with Gasteiger partial charge in [0, 0.05) is 0 Å². The van der Waals surface area contributed by atoms with E-state index in [-0.39, 0.29) is 29.6 Å². The number of nitrogens with zero attached hydrogens (tertiary/aromatic N) is 1. The van der Waals surface area contributed by atoms with Crippen molar-refractivity contribution in [2.24, 2.45) is 5.34 Å². The fraction of sp³-hybridized carbons (Fsp3) is 0. The Bertz CT molecular complexity index is 120. The van der Waals surface area contributed by atoms with Crippen LogP contribution in [0.2, 0.25) is 0 Å². The number of rotatable bonds is 2. The van der Waals surface area contributed by atoms with Gasteiger partial charge in [0.25, 0.3) is 0 Å². The predicted molar refractivity (Wildman–Crippen MR) is 61.5 cm³/mol. The normalized spacial score (nSPS) is 6.47. The summed E-state index contributed by atoms with van der Waals surface area (Å²) >= 11 is 0. The summed E-state index contributed by atoms with van der Waals surface area (Å²) < 4.78 is 3.22. The van der Waals surface area contributed by atoms with Gasteiger partial charge >= 0.3 is 58.8 Å². The first-order chi connectivity index (χ1) is 7.97. The third kappa shape index (κ3) is 462. The van der Waals surface area contributed by atoms with E-state index in [2.05, 4.69) is 4.76 Å². The molecule has 0 aliphatic carbocycles. The van der Waals surface area contributed by atoms with Crippen molar-refractivity contribution >= 4 is 58.8 Å². The summed E-state index contributed by atoms with van der Waals surface area (Å²) in [4.78, 5) is 8.82. The molecule has 14 nitrogen and oxygen atoms in total. The third-order valence-corrected chi connectivity index (χ3v) is 0.137. The van der Waals surface area contributed by atoms with Crippen molar-refractivity contribution in [2.45, 2.75) is 0 Å². The molecule has 0 radical (unpaired) electrons. The van der Waals surface area contributed by atoms with Crippen LogP contribution in [-0.4, -0.2) is 114 Å². The topological polar surface area (TPSA) is 261 Å². The van der Waals surface area contributed by atoms with Crippen molar-refractivity contribution in [3.8, 4) is 0 Å². The van der Waals surface area contributed by atoms with Crippen LogP contribution < -0.4 is 0 Å². The van der Waals surface area contributed by atoms with Gasteiger partial charge in [-0.05, 0) is 0 Å². The first-order valence-corrected chi connectivity index (χ1v) is 3.44. The van der Waals surface area contributed by atoms with Gasteiger partial charge in [-0.15, -0.1) is 4.91 Å². The Morgan fingerprint density at radius 2 is 0.789 bits per heavy atom. The van der Waals surface area contributed by atoms with Gasteiger partial charge in [0.05, 0.1) is 0 Å². The summed E-state index contributed by atoms with van der Waals surface area (Å²) in [6.45, 7) is 0. The monoisotopic (exact) mass is 301 g/mol. The molecule has 0 rings (SSSR count). The number of hydrogen-bond donors (Lipinski definition) is 11. The Morgan fingerprint density at radius 1 is 0.632 bits per heavy atom. The van der Waals surface area contributed by atoms with Gasteiger partial charge in [-0.25, -0.2) is 0 Å². The molecule has 0 unspecified atom stereocenters.